The molecular formula is C12H15FO. The number of hydrogen-bond acceptors (Lipinski definition) is 1. The third-order valence-corrected chi connectivity index (χ3v) is 2.45. The maximum absolute atomic E-state index is 13.1. The van der Waals surface area contributed by atoms with Crippen LogP contribution >= 0.6 is 0 Å². The van der Waals surface area contributed by atoms with Gasteiger partial charge in [-0.05, 0) is 41.7 Å². The maximum atomic E-state index is 13.1. The summed E-state index contributed by atoms with van der Waals surface area (Å²) in [6, 6.07) is 3.05. The lowest BCUT2D eigenvalue weighted by molar-refractivity contribution is -0.107. The normalized spacial score (nSPS) is 10.2. The summed E-state index contributed by atoms with van der Waals surface area (Å²) < 4.78 is 13.1. The van der Waals surface area contributed by atoms with Crippen LogP contribution in [0.1, 0.15) is 30.5 Å². The van der Waals surface area contributed by atoms with Crippen molar-refractivity contribution in [2.45, 2.75) is 33.1 Å². The molecule has 0 saturated carbocycles. The maximum Gasteiger partial charge on any atom is 0.124 e. The van der Waals surface area contributed by atoms with Gasteiger partial charge in [-0.3, -0.25) is 0 Å². The minimum absolute atomic E-state index is 0.201. The molecule has 0 radical (unpaired) electrons. The van der Waals surface area contributed by atoms with Crippen LogP contribution in [0.4, 0.5) is 4.39 Å². The Kier molecular flexibility index (Phi) is 3.81. The number of benzene rings is 1. The molecule has 1 nitrogen and oxygen atoms in total. The zero-order chi connectivity index (χ0) is 10.6. The minimum atomic E-state index is -0.201. The van der Waals surface area contributed by atoms with E-state index in [1.165, 1.54) is 12.1 Å². The van der Waals surface area contributed by atoms with Crippen molar-refractivity contribution in [3.05, 3.63) is 34.6 Å². The fourth-order valence-corrected chi connectivity index (χ4v) is 1.73. The highest BCUT2D eigenvalue weighted by Gasteiger charge is 2.08. The largest absolute Gasteiger partial charge is 0.303 e. The minimum Gasteiger partial charge on any atom is -0.303 e. The van der Waals surface area contributed by atoms with Crippen LogP contribution in [0.5, 0.6) is 0 Å². The second kappa shape index (κ2) is 4.89. The van der Waals surface area contributed by atoms with Gasteiger partial charge in [0, 0.05) is 6.42 Å². The first-order valence-corrected chi connectivity index (χ1v) is 4.96. The summed E-state index contributed by atoms with van der Waals surface area (Å²) in [7, 11) is 0. The first-order chi connectivity index (χ1) is 6.72. The average molecular weight is 194 g/mol. The van der Waals surface area contributed by atoms with Crippen molar-refractivity contribution in [2.75, 3.05) is 0 Å². The molecule has 0 amide bonds. The third kappa shape index (κ3) is 2.19. The van der Waals surface area contributed by atoms with Gasteiger partial charge in [0.25, 0.3) is 0 Å². The average Bonchev–Trinajstić information content (AvgIpc) is 2.20. The molecule has 0 unspecified atom stereocenters. The Bertz CT molecular complexity index is 306. The molecule has 1 rings (SSSR count). The zero-order valence-electron chi connectivity index (χ0n) is 8.64. The second-order valence-electron chi connectivity index (χ2n) is 3.28. The molecule has 0 heterocycles. The van der Waals surface area contributed by atoms with E-state index in [1.54, 1.807) is 0 Å². The molecule has 76 valence electrons. The first-order valence-electron chi connectivity index (χ1n) is 4.96. The Labute approximate surface area is 83.9 Å². The summed E-state index contributed by atoms with van der Waals surface area (Å²) in [5.41, 5.74) is 2.91. The molecule has 0 atom stereocenters. The van der Waals surface area contributed by atoms with Crippen LogP contribution < -0.4 is 0 Å². The van der Waals surface area contributed by atoms with Gasteiger partial charge >= 0.3 is 0 Å². The van der Waals surface area contributed by atoms with E-state index in [-0.39, 0.29) is 5.82 Å². The van der Waals surface area contributed by atoms with Gasteiger partial charge in [0.15, 0.2) is 0 Å². The lowest BCUT2D eigenvalue weighted by Crippen LogP contribution is -2.01. The summed E-state index contributed by atoms with van der Waals surface area (Å²) in [5, 5.41) is 0. The number of carbonyl (C=O) groups excluding carboxylic acids is 1. The molecule has 0 aromatic heterocycles. The summed E-state index contributed by atoms with van der Waals surface area (Å²) in [6.07, 6.45) is 2.82. The van der Waals surface area contributed by atoms with Crippen molar-refractivity contribution in [1.82, 2.24) is 0 Å². The molecule has 2 heteroatoms. The van der Waals surface area contributed by atoms with Crippen LogP contribution in [-0.4, -0.2) is 6.29 Å². The Hall–Kier alpha value is -1.18. The second-order valence-corrected chi connectivity index (χ2v) is 3.28. The number of aryl methyl sites for hydroxylation is 2. The molecule has 0 aliphatic carbocycles. The molecular weight excluding hydrogens is 179 g/mol. The molecule has 0 bridgehead atoms. The molecule has 1 aromatic carbocycles. The van der Waals surface area contributed by atoms with Crippen molar-refractivity contribution >= 4 is 6.29 Å². The SMILES string of the molecule is CCc1cc(F)cc(CC)c1CC=O. The van der Waals surface area contributed by atoms with Crippen LogP contribution in [-0.2, 0) is 24.1 Å². The van der Waals surface area contributed by atoms with E-state index in [0.717, 1.165) is 35.8 Å². The van der Waals surface area contributed by atoms with E-state index in [9.17, 15) is 9.18 Å². The highest BCUT2D eigenvalue weighted by atomic mass is 19.1. The fourth-order valence-electron chi connectivity index (χ4n) is 1.73. The molecule has 14 heavy (non-hydrogen) atoms. The van der Waals surface area contributed by atoms with Crippen LogP contribution in [0, 0.1) is 5.82 Å². The molecule has 0 aliphatic rings. The van der Waals surface area contributed by atoms with Gasteiger partial charge in [-0.25, -0.2) is 4.39 Å². The van der Waals surface area contributed by atoms with E-state index in [0.29, 0.717) is 6.42 Å². The molecule has 0 saturated heterocycles. The van der Waals surface area contributed by atoms with E-state index in [2.05, 4.69) is 0 Å². The fraction of sp³-hybridized carbons (Fsp3) is 0.417. The lowest BCUT2D eigenvalue weighted by Gasteiger charge is -2.10. The summed E-state index contributed by atoms with van der Waals surface area (Å²) in [5.74, 6) is -0.201. The van der Waals surface area contributed by atoms with Crippen molar-refractivity contribution in [2.24, 2.45) is 0 Å². The van der Waals surface area contributed by atoms with E-state index in [4.69, 9.17) is 0 Å². The smallest absolute Gasteiger partial charge is 0.124 e. The van der Waals surface area contributed by atoms with Gasteiger partial charge in [0.2, 0.25) is 0 Å². The monoisotopic (exact) mass is 194 g/mol. The van der Waals surface area contributed by atoms with Crippen LogP contribution in [0.15, 0.2) is 12.1 Å². The van der Waals surface area contributed by atoms with E-state index < -0.39 is 0 Å². The van der Waals surface area contributed by atoms with Crippen LogP contribution in [0.25, 0.3) is 0 Å². The summed E-state index contributed by atoms with van der Waals surface area (Å²) >= 11 is 0. The quantitative estimate of drug-likeness (QED) is 0.673. The highest BCUT2D eigenvalue weighted by Crippen LogP contribution is 2.18. The summed E-state index contributed by atoms with van der Waals surface area (Å²) in [4.78, 5) is 10.5. The Morgan fingerprint density at radius 1 is 1.21 bits per heavy atom. The van der Waals surface area contributed by atoms with Gasteiger partial charge in [0.1, 0.15) is 12.1 Å². The van der Waals surface area contributed by atoms with Crippen molar-refractivity contribution in [3.8, 4) is 0 Å². The van der Waals surface area contributed by atoms with Crippen molar-refractivity contribution in [1.29, 1.82) is 0 Å². The Balaban J connectivity index is 3.24. The van der Waals surface area contributed by atoms with Crippen LogP contribution in [0.3, 0.4) is 0 Å². The van der Waals surface area contributed by atoms with Crippen molar-refractivity contribution in [3.63, 3.8) is 0 Å². The van der Waals surface area contributed by atoms with E-state index in [1.807, 2.05) is 13.8 Å². The number of aldehydes is 1. The molecule has 0 aliphatic heterocycles. The predicted molar refractivity (Wildman–Crippen MR) is 54.9 cm³/mol. The number of rotatable bonds is 4. The standard InChI is InChI=1S/C12H15FO/c1-3-9-7-11(13)8-10(4-2)12(9)5-6-14/h6-8H,3-5H2,1-2H3. The van der Waals surface area contributed by atoms with Crippen molar-refractivity contribution < 1.29 is 9.18 Å². The van der Waals surface area contributed by atoms with Gasteiger partial charge < -0.3 is 4.79 Å². The molecule has 1 aromatic rings. The highest BCUT2D eigenvalue weighted by molar-refractivity contribution is 5.58. The Morgan fingerprint density at radius 3 is 2.07 bits per heavy atom. The first kappa shape index (κ1) is 10.9. The van der Waals surface area contributed by atoms with E-state index >= 15 is 0 Å². The zero-order valence-corrected chi connectivity index (χ0v) is 8.64. The van der Waals surface area contributed by atoms with Gasteiger partial charge in [-0.2, -0.15) is 0 Å². The topological polar surface area (TPSA) is 17.1 Å². The number of hydrogen-bond donors (Lipinski definition) is 0. The lowest BCUT2D eigenvalue weighted by atomic mass is 9.95. The van der Waals surface area contributed by atoms with Crippen LogP contribution in [0.2, 0.25) is 0 Å². The van der Waals surface area contributed by atoms with Gasteiger partial charge in [-0.15, -0.1) is 0 Å². The molecule has 0 spiro atoms. The third-order valence-electron chi connectivity index (χ3n) is 2.45. The van der Waals surface area contributed by atoms with Gasteiger partial charge in [0.05, 0.1) is 0 Å². The summed E-state index contributed by atoms with van der Waals surface area (Å²) in [6.45, 7) is 3.95. The van der Waals surface area contributed by atoms with Gasteiger partial charge in [-0.1, -0.05) is 13.8 Å². The predicted octanol–water partition coefficient (Wildman–Crippen LogP) is 2.69. The molecule has 0 N–H and O–H groups in total. The number of carbonyl (C=O) groups is 1. The molecule has 0 fully saturated rings. The Morgan fingerprint density at radius 2 is 1.71 bits per heavy atom. The number of halogens is 1.